The van der Waals surface area contributed by atoms with E-state index in [9.17, 15) is 4.79 Å². The van der Waals surface area contributed by atoms with Gasteiger partial charge in [0.15, 0.2) is 0 Å². The van der Waals surface area contributed by atoms with E-state index >= 15 is 0 Å². The molecular formula is C12H17NO3. The van der Waals surface area contributed by atoms with Gasteiger partial charge in [-0.15, -0.1) is 0 Å². The van der Waals surface area contributed by atoms with Crippen LogP contribution >= 0.6 is 0 Å². The summed E-state index contributed by atoms with van der Waals surface area (Å²) in [6.45, 7) is 4.30. The maximum absolute atomic E-state index is 11.5. The van der Waals surface area contributed by atoms with E-state index in [0.29, 0.717) is 19.4 Å². The number of furan rings is 1. The molecular weight excluding hydrogens is 206 g/mol. The average Bonchev–Trinajstić information content (AvgIpc) is 2.73. The lowest BCUT2D eigenvalue weighted by atomic mass is 9.89. The fourth-order valence-corrected chi connectivity index (χ4v) is 1.64. The van der Waals surface area contributed by atoms with Crippen molar-refractivity contribution >= 4 is 5.91 Å². The summed E-state index contributed by atoms with van der Waals surface area (Å²) in [6, 6.07) is 3.72. The molecule has 0 bridgehead atoms. The Labute approximate surface area is 95.0 Å². The van der Waals surface area contributed by atoms with Crippen LogP contribution in [0.3, 0.4) is 0 Å². The second-order valence-electron chi connectivity index (χ2n) is 4.66. The van der Waals surface area contributed by atoms with Crippen LogP contribution < -0.4 is 5.32 Å². The van der Waals surface area contributed by atoms with E-state index in [2.05, 4.69) is 12.2 Å². The Balaban J connectivity index is 1.65. The predicted octanol–water partition coefficient (Wildman–Crippen LogP) is 1.36. The average molecular weight is 223 g/mol. The van der Waals surface area contributed by atoms with Crippen LogP contribution in [0.15, 0.2) is 22.8 Å². The molecule has 0 unspecified atom stereocenters. The Hall–Kier alpha value is -1.29. The van der Waals surface area contributed by atoms with Crippen LogP contribution in [-0.2, 0) is 16.0 Å². The van der Waals surface area contributed by atoms with Crippen molar-refractivity contribution in [2.75, 3.05) is 19.8 Å². The van der Waals surface area contributed by atoms with Gasteiger partial charge >= 0.3 is 0 Å². The Bertz CT molecular complexity index is 341. The molecule has 1 amide bonds. The number of ether oxygens (including phenoxy) is 1. The fraction of sp³-hybridized carbons (Fsp3) is 0.583. The van der Waals surface area contributed by atoms with E-state index < -0.39 is 0 Å². The molecule has 0 aromatic carbocycles. The zero-order chi connectivity index (χ0) is 11.4. The molecule has 0 saturated carbocycles. The molecule has 1 fully saturated rings. The highest BCUT2D eigenvalue weighted by Gasteiger charge is 2.33. The lowest BCUT2D eigenvalue weighted by molar-refractivity contribution is -0.126. The number of rotatable bonds is 5. The molecule has 0 atom stereocenters. The van der Waals surface area contributed by atoms with Gasteiger partial charge in [0.25, 0.3) is 0 Å². The Morgan fingerprint density at radius 3 is 2.94 bits per heavy atom. The second-order valence-corrected chi connectivity index (χ2v) is 4.66. The molecule has 4 nitrogen and oxygen atoms in total. The van der Waals surface area contributed by atoms with Crippen molar-refractivity contribution in [3.05, 3.63) is 24.2 Å². The summed E-state index contributed by atoms with van der Waals surface area (Å²) < 4.78 is 10.3. The Morgan fingerprint density at radius 1 is 1.56 bits per heavy atom. The summed E-state index contributed by atoms with van der Waals surface area (Å²) >= 11 is 0. The third-order valence-electron chi connectivity index (χ3n) is 2.79. The van der Waals surface area contributed by atoms with Gasteiger partial charge in [0.05, 0.1) is 19.5 Å². The largest absolute Gasteiger partial charge is 0.469 e. The van der Waals surface area contributed by atoms with E-state index in [-0.39, 0.29) is 11.3 Å². The fourth-order valence-electron chi connectivity index (χ4n) is 1.64. The molecule has 1 aromatic heterocycles. The van der Waals surface area contributed by atoms with E-state index in [0.717, 1.165) is 19.0 Å². The first-order chi connectivity index (χ1) is 7.68. The van der Waals surface area contributed by atoms with Gasteiger partial charge in [-0.3, -0.25) is 4.79 Å². The highest BCUT2D eigenvalue weighted by Crippen LogP contribution is 2.25. The summed E-state index contributed by atoms with van der Waals surface area (Å²) in [6.07, 6.45) is 2.76. The predicted molar refractivity (Wildman–Crippen MR) is 59.0 cm³/mol. The number of aryl methyl sites for hydroxylation is 1. The van der Waals surface area contributed by atoms with Gasteiger partial charge in [-0.2, -0.15) is 0 Å². The maximum Gasteiger partial charge on any atom is 0.220 e. The van der Waals surface area contributed by atoms with E-state index in [1.807, 2.05) is 12.1 Å². The van der Waals surface area contributed by atoms with Crippen LogP contribution in [0.25, 0.3) is 0 Å². The third-order valence-corrected chi connectivity index (χ3v) is 2.79. The standard InChI is InChI=1S/C12H17NO3/c1-12(8-15-9-12)7-13-11(14)5-4-10-3-2-6-16-10/h2-3,6H,4-5,7-9H2,1H3,(H,13,14). The van der Waals surface area contributed by atoms with Crippen molar-refractivity contribution in [2.45, 2.75) is 19.8 Å². The number of carbonyl (C=O) groups is 1. The minimum atomic E-state index is 0.0736. The Morgan fingerprint density at radius 2 is 2.38 bits per heavy atom. The molecule has 1 aliphatic heterocycles. The number of carbonyl (C=O) groups excluding carboxylic acids is 1. The molecule has 0 aliphatic carbocycles. The van der Waals surface area contributed by atoms with Crippen LogP contribution in [0.4, 0.5) is 0 Å². The minimum absolute atomic E-state index is 0.0736. The monoisotopic (exact) mass is 223 g/mol. The number of hydrogen-bond acceptors (Lipinski definition) is 3. The zero-order valence-electron chi connectivity index (χ0n) is 9.49. The van der Waals surface area contributed by atoms with Gasteiger partial charge in [-0.1, -0.05) is 6.92 Å². The molecule has 4 heteroatoms. The van der Waals surface area contributed by atoms with Gasteiger partial charge in [0, 0.05) is 24.8 Å². The topological polar surface area (TPSA) is 51.5 Å². The molecule has 88 valence electrons. The zero-order valence-corrected chi connectivity index (χ0v) is 9.49. The molecule has 0 spiro atoms. The van der Waals surface area contributed by atoms with E-state index in [1.54, 1.807) is 6.26 Å². The molecule has 1 N–H and O–H groups in total. The van der Waals surface area contributed by atoms with Crippen LogP contribution in [0, 0.1) is 5.41 Å². The summed E-state index contributed by atoms with van der Waals surface area (Å²) in [5, 5.41) is 2.93. The van der Waals surface area contributed by atoms with Crippen molar-refractivity contribution in [2.24, 2.45) is 5.41 Å². The van der Waals surface area contributed by atoms with E-state index in [1.165, 1.54) is 0 Å². The van der Waals surface area contributed by atoms with Crippen molar-refractivity contribution < 1.29 is 13.9 Å². The smallest absolute Gasteiger partial charge is 0.220 e. The van der Waals surface area contributed by atoms with Gasteiger partial charge in [-0.25, -0.2) is 0 Å². The highest BCUT2D eigenvalue weighted by atomic mass is 16.5. The second kappa shape index (κ2) is 4.70. The molecule has 1 aromatic rings. The molecule has 16 heavy (non-hydrogen) atoms. The quantitative estimate of drug-likeness (QED) is 0.820. The number of hydrogen-bond donors (Lipinski definition) is 1. The summed E-state index contributed by atoms with van der Waals surface area (Å²) in [5.41, 5.74) is 0.139. The van der Waals surface area contributed by atoms with Crippen LogP contribution in [-0.4, -0.2) is 25.7 Å². The van der Waals surface area contributed by atoms with Gasteiger partial charge in [0.2, 0.25) is 5.91 Å². The van der Waals surface area contributed by atoms with Crippen molar-refractivity contribution in [1.29, 1.82) is 0 Å². The lowest BCUT2D eigenvalue weighted by Gasteiger charge is -2.38. The minimum Gasteiger partial charge on any atom is -0.469 e. The van der Waals surface area contributed by atoms with Gasteiger partial charge in [-0.05, 0) is 12.1 Å². The lowest BCUT2D eigenvalue weighted by Crippen LogP contribution is -2.48. The number of amides is 1. The van der Waals surface area contributed by atoms with Crippen molar-refractivity contribution in [3.8, 4) is 0 Å². The van der Waals surface area contributed by atoms with Gasteiger partial charge in [0.1, 0.15) is 5.76 Å². The van der Waals surface area contributed by atoms with Crippen LogP contribution in [0.1, 0.15) is 19.1 Å². The van der Waals surface area contributed by atoms with Crippen LogP contribution in [0.5, 0.6) is 0 Å². The molecule has 0 radical (unpaired) electrons. The summed E-state index contributed by atoms with van der Waals surface area (Å²) in [5.74, 6) is 0.929. The third kappa shape index (κ3) is 2.85. The first-order valence-corrected chi connectivity index (χ1v) is 5.55. The van der Waals surface area contributed by atoms with E-state index in [4.69, 9.17) is 9.15 Å². The van der Waals surface area contributed by atoms with Crippen molar-refractivity contribution in [1.82, 2.24) is 5.32 Å². The van der Waals surface area contributed by atoms with Crippen molar-refractivity contribution in [3.63, 3.8) is 0 Å². The van der Waals surface area contributed by atoms with Crippen LogP contribution in [0.2, 0.25) is 0 Å². The SMILES string of the molecule is CC1(CNC(=O)CCc2ccco2)COC1. The molecule has 1 aliphatic rings. The maximum atomic E-state index is 11.5. The summed E-state index contributed by atoms with van der Waals surface area (Å²) in [4.78, 5) is 11.5. The number of nitrogens with one attached hydrogen (secondary N) is 1. The normalized spacial score (nSPS) is 17.8. The molecule has 1 saturated heterocycles. The highest BCUT2D eigenvalue weighted by molar-refractivity contribution is 5.76. The first kappa shape index (κ1) is 11.2. The first-order valence-electron chi connectivity index (χ1n) is 5.55. The van der Waals surface area contributed by atoms with Gasteiger partial charge < -0.3 is 14.5 Å². The Kier molecular flexibility index (Phi) is 3.29. The molecule has 2 rings (SSSR count). The summed E-state index contributed by atoms with van der Waals surface area (Å²) in [7, 11) is 0. The molecule has 2 heterocycles.